The molecule has 1 N–H and O–H groups in total. The number of rotatable bonds is 4. The van der Waals surface area contributed by atoms with Crippen LogP contribution in [0.5, 0.6) is 11.8 Å². The Hall–Kier alpha value is -3.21. The molecule has 0 unspecified atom stereocenters. The lowest BCUT2D eigenvalue weighted by Gasteiger charge is -2.07. The van der Waals surface area contributed by atoms with Gasteiger partial charge in [-0.1, -0.05) is 24.3 Å². The molecule has 1 aromatic heterocycles. The minimum absolute atomic E-state index is 0.202. The molecule has 0 aliphatic carbocycles. The summed E-state index contributed by atoms with van der Waals surface area (Å²) in [7, 11) is 0. The molecular formula is C18H15N3O2. The van der Waals surface area contributed by atoms with Gasteiger partial charge >= 0.3 is 6.01 Å². The Morgan fingerprint density at radius 2 is 1.87 bits per heavy atom. The van der Waals surface area contributed by atoms with E-state index < -0.39 is 0 Å². The Kier molecular flexibility index (Phi) is 4.29. The molecule has 1 amide bonds. The summed E-state index contributed by atoms with van der Waals surface area (Å²) in [5.74, 6) is 0.308. The maximum absolute atomic E-state index is 12.3. The fourth-order valence-electron chi connectivity index (χ4n) is 2.01. The quantitative estimate of drug-likeness (QED) is 0.795. The number of carbonyl (C=O) groups is 1. The van der Waals surface area contributed by atoms with Crippen LogP contribution >= 0.6 is 0 Å². The van der Waals surface area contributed by atoms with Crippen molar-refractivity contribution in [3.8, 4) is 11.8 Å². The van der Waals surface area contributed by atoms with Gasteiger partial charge in [0.05, 0.1) is 0 Å². The molecule has 2 aromatic carbocycles. The lowest BCUT2D eigenvalue weighted by molar-refractivity contribution is 0.102. The van der Waals surface area contributed by atoms with Crippen molar-refractivity contribution in [2.24, 2.45) is 0 Å². The zero-order valence-corrected chi connectivity index (χ0v) is 12.6. The number of para-hydroxylation sites is 1. The predicted octanol–water partition coefficient (Wildman–Crippen LogP) is 3.83. The van der Waals surface area contributed by atoms with Crippen LogP contribution in [0.25, 0.3) is 0 Å². The van der Waals surface area contributed by atoms with Crippen molar-refractivity contribution < 1.29 is 9.53 Å². The number of benzene rings is 2. The van der Waals surface area contributed by atoms with Crippen LogP contribution in [0.4, 0.5) is 5.69 Å². The minimum atomic E-state index is -0.202. The second-order valence-electron chi connectivity index (χ2n) is 4.93. The fourth-order valence-corrected chi connectivity index (χ4v) is 2.01. The third-order valence-electron chi connectivity index (χ3n) is 3.11. The number of aromatic nitrogens is 2. The molecule has 0 spiro atoms. The monoisotopic (exact) mass is 305 g/mol. The zero-order chi connectivity index (χ0) is 16.1. The number of nitrogens with zero attached hydrogens (tertiary/aromatic N) is 2. The van der Waals surface area contributed by atoms with Crippen LogP contribution in [-0.4, -0.2) is 15.9 Å². The van der Waals surface area contributed by atoms with Crippen LogP contribution in [-0.2, 0) is 0 Å². The number of carbonyl (C=O) groups excluding carboxylic acids is 1. The number of hydrogen-bond donors (Lipinski definition) is 1. The summed E-state index contributed by atoms with van der Waals surface area (Å²) < 4.78 is 5.60. The molecule has 114 valence electrons. The summed E-state index contributed by atoms with van der Waals surface area (Å²) in [6, 6.07) is 18.2. The van der Waals surface area contributed by atoms with Crippen LogP contribution in [0.1, 0.15) is 16.1 Å². The number of ether oxygens (including phenoxy) is 1. The first-order chi connectivity index (χ1) is 11.2. The van der Waals surface area contributed by atoms with Crippen molar-refractivity contribution in [2.45, 2.75) is 6.92 Å². The summed E-state index contributed by atoms with van der Waals surface area (Å²) in [4.78, 5) is 20.5. The summed E-state index contributed by atoms with van der Waals surface area (Å²) in [6.45, 7) is 1.86. The Morgan fingerprint density at radius 3 is 2.65 bits per heavy atom. The van der Waals surface area contributed by atoms with E-state index in [0.29, 0.717) is 11.3 Å². The second-order valence-corrected chi connectivity index (χ2v) is 4.93. The molecule has 3 aromatic rings. The van der Waals surface area contributed by atoms with Crippen molar-refractivity contribution in [2.75, 3.05) is 5.32 Å². The first-order valence-electron chi connectivity index (χ1n) is 7.15. The van der Waals surface area contributed by atoms with E-state index in [1.54, 1.807) is 36.5 Å². The van der Waals surface area contributed by atoms with Gasteiger partial charge in [0.2, 0.25) is 0 Å². The molecule has 23 heavy (non-hydrogen) atoms. The van der Waals surface area contributed by atoms with Gasteiger partial charge in [0.25, 0.3) is 5.91 Å². The summed E-state index contributed by atoms with van der Waals surface area (Å²) >= 11 is 0. The lowest BCUT2D eigenvalue weighted by Crippen LogP contribution is -2.11. The van der Waals surface area contributed by atoms with Crippen LogP contribution in [0.3, 0.4) is 0 Å². The van der Waals surface area contributed by atoms with Gasteiger partial charge in [0, 0.05) is 23.1 Å². The van der Waals surface area contributed by atoms with Crippen LogP contribution < -0.4 is 10.1 Å². The number of nitrogens with one attached hydrogen (secondary N) is 1. The molecule has 0 saturated heterocycles. The van der Waals surface area contributed by atoms with Crippen molar-refractivity contribution in [3.63, 3.8) is 0 Å². The van der Waals surface area contributed by atoms with Crippen molar-refractivity contribution in [1.82, 2.24) is 9.97 Å². The highest BCUT2D eigenvalue weighted by molar-refractivity contribution is 6.04. The molecule has 5 nitrogen and oxygen atoms in total. The van der Waals surface area contributed by atoms with Crippen molar-refractivity contribution >= 4 is 11.6 Å². The summed E-state index contributed by atoms with van der Waals surface area (Å²) in [5.41, 5.74) is 2.05. The average molecular weight is 305 g/mol. The van der Waals surface area contributed by atoms with Gasteiger partial charge in [-0.3, -0.25) is 4.79 Å². The predicted molar refractivity (Wildman–Crippen MR) is 87.7 cm³/mol. The number of hydrogen-bond acceptors (Lipinski definition) is 4. The highest BCUT2D eigenvalue weighted by atomic mass is 16.5. The SMILES string of the molecule is Cc1ccnc(Oc2cccc(C(=O)Nc3ccccc3)c2)n1. The van der Waals surface area contributed by atoms with E-state index in [4.69, 9.17) is 4.74 Å². The van der Waals surface area contributed by atoms with Crippen LogP contribution in [0.15, 0.2) is 66.9 Å². The Balaban J connectivity index is 1.75. The first-order valence-corrected chi connectivity index (χ1v) is 7.15. The molecule has 0 aliphatic rings. The zero-order valence-electron chi connectivity index (χ0n) is 12.6. The smallest absolute Gasteiger partial charge is 0.322 e. The maximum Gasteiger partial charge on any atom is 0.322 e. The van der Waals surface area contributed by atoms with Gasteiger partial charge in [0.1, 0.15) is 5.75 Å². The molecule has 0 aliphatic heterocycles. The van der Waals surface area contributed by atoms with Gasteiger partial charge in [-0.05, 0) is 43.3 Å². The molecule has 0 radical (unpaired) electrons. The molecule has 3 rings (SSSR count). The average Bonchev–Trinajstić information content (AvgIpc) is 2.56. The standard InChI is InChI=1S/C18H15N3O2/c1-13-10-11-19-18(20-13)23-16-9-5-6-14(12-16)17(22)21-15-7-3-2-4-8-15/h2-12H,1H3,(H,21,22). The fraction of sp³-hybridized carbons (Fsp3) is 0.0556. The number of aryl methyl sites for hydroxylation is 1. The van der Waals surface area contributed by atoms with Crippen LogP contribution in [0.2, 0.25) is 0 Å². The van der Waals surface area contributed by atoms with E-state index in [-0.39, 0.29) is 11.9 Å². The third-order valence-corrected chi connectivity index (χ3v) is 3.11. The maximum atomic E-state index is 12.3. The number of anilines is 1. The van der Waals surface area contributed by atoms with Gasteiger partial charge in [-0.25, -0.2) is 9.97 Å². The summed E-state index contributed by atoms with van der Waals surface area (Å²) in [5, 5.41) is 2.83. The lowest BCUT2D eigenvalue weighted by atomic mass is 10.2. The van der Waals surface area contributed by atoms with E-state index in [0.717, 1.165) is 11.4 Å². The Morgan fingerprint density at radius 1 is 1.04 bits per heavy atom. The number of amides is 1. The second kappa shape index (κ2) is 6.70. The normalized spacial score (nSPS) is 10.1. The third kappa shape index (κ3) is 3.91. The molecule has 5 heteroatoms. The molecule has 0 fully saturated rings. The molecule has 0 bridgehead atoms. The Bertz CT molecular complexity index is 819. The first kappa shape index (κ1) is 14.7. The molecule has 1 heterocycles. The van der Waals surface area contributed by atoms with Gasteiger partial charge in [-0.2, -0.15) is 0 Å². The summed E-state index contributed by atoms with van der Waals surface area (Å²) in [6.07, 6.45) is 1.63. The van der Waals surface area contributed by atoms with Crippen molar-refractivity contribution in [1.29, 1.82) is 0 Å². The van der Waals surface area contributed by atoms with E-state index in [2.05, 4.69) is 15.3 Å². The molecular weight excluding hydrogens is 290 g/mol. The highest BCUT2D eigenvalue weighted by Gasteiger charge is 2.08. The topological polar surface area (TPSA) is 64.1 Å². The highest BCUT2D eigenvalue weighted by Crippen LogP contribution is 2.20. The minimum Gasteiger partial charge on any atom is -0.424 e. The van der Waals surface area contributed by atoms with Gasteiger partial charge in [-0.15, -0.1) is 0 Å². The molecule has 0 saturated carbocycles. The van der Waals surface area contributed by atoms with E-state index >= 15 is 0 Å². The van der Waals surface area contributed by atoms with E-state index in [9.17, 15) is 4.79 Å². The van der Waals surface area contributed by atoms with Crippen LogP contribution in [0, 0.1) is 6.92 Å². The van der Waals surface area contributed by atoms with E-state index in [1.165, 1.54) is 0 Å². The van der Waals surface area contributed by atoms with E-state index in [1.807, 2.05) is 37.3 Å². The largest absolute Gasteiger partial charge is 0.424 e. The Labute approximate surface area is 134 Å². The van der Waals surface area contributed by atoms with Crippen molar-refractivity contribution in [3.05, 3.63) is 78.1 Å². The molecule has 0 atom stereocenters. The van der Waals surface area contributed by atoms with Gasteiger partial charge < -0.3 is 10.1 Å². The van der Waals surface area contributed by atoms with Gasteiger partial charge in [0.15, 0.2) is 0 Å².